The Bertz CT molecular complexity index is 650. The third kappa shape index (κ3) is 1.27. The van der Waals surface area contributed by atoms with Gasteiger partial charge in [-0.2, -0.15) is 10.2 Å². The van der Waals surface area contributed by atoms with Gasteiger partial charge in [0.05, 0.1) is 11.1 Å². The molecule has 80 valence electrons. The van der Waals surface area contributed by atoms with E-state index in [-0.39, 0.29) is 0 Å². The van der Waals surface area contributed by atoms with Crippen molar-refractivity contribution in [1.82, 2.24) is 29.9 Å². The standard InChI is InChI=1S/C10H10N6/c1-6-11-5-7-9(13-14-10(7)12-6)8-3-4-16(2)15-8/h3-5H,1-2H3,(H,11,12,13,14). The van der Waals surface area contributed by atoms with Crippen LogP contribution in [0.5, 0.6) is 0 Å². The Morgan fingerprint density at radius 1 is 1.38 bits per heavy atom. The van der Waals surface area contributed by atoms with Gasteiger partial charge in [-0.15, -0.1) is 0 Å². The van der Waals surface area contributed by atoms with Crippen molar-refractivity contribution in [3.8, 4) is 11.4 Å². The fourth-order valence-corrected chi connectivity index (χ4v) is 1.63. The minimum Gasteiger partial charge on any atom is -0.275 e. The van der Waals surface area contributed by atoms with Crippen molar-refractivity contribution in [3.63, 3.8) is 0 Å². The van der Waals surface area contributed by atoms with Crippen molar-refractivity contribution in [1.29, 1.82) is 0 Å². The molecule has 0 fully saturated rings. The summed E-state index contributed by atoms with van der Waals surface area (Å²) in [5, 5.41) is 12.3. The highest BCUT2D eigenvalue weighted by Crippen LogP contribution is 2.22. The van der Waals surface area contributed by atoms with E-state index >= 15 is 0 Å². The second-order valence-electron chi connectivity index (χ2n) is 3.63. The van der Waals surface area contributed by atoms with Gasteiger partial charge in [0.25, 0.3) is 0 Å². The lowest BCUT2D eigenvalue weighted by atomic mass is 10.2. The Labute approximate surface area is 91.3 Å². The lowest BCUT2D eigenvalue weighted by molar-refractivity contribution is 0.770. The highest BCUT2D eigenvalue weighted by Gasteiger charge is 2.11. The first-order valence-electron chi connectivity index (χ1n) is 4.92. The summed E-state index contributed by atoms with van der Waals surface area (Å²) in [5.74, 6) is 0.714. The number of aryl methyl sites for hydroxylation is 2. The number of nitrogens with one attached hydrogen (secondary N) is 1. The molecule has 3 heterocycles. The predicted molar refractivity (Wildman–Crippen MR) is 58.6 cm³/mol. The number of aromatic nitrogens is 6. The molecule has 0 atom stereocenters. The van der Waals surface area contributed by atoms with E-state index in [1.165, 1.54) is 0 Å². The van der Waals surface area contributed by atoms with Crippen LogP contribution in [0.25, 0.3) is 22.4 Å². The van der Waals surface area contributed by atoms with Gasteiger partial charge in [0.15, 0.2) is 5.65 Å². The van der Waals surface area contributed by atoms with Gasteiger partial charge in [0.1, 0.15) is 11.5 Å². The zero-order chi connectivity index (χ0) is 11.1. The molecule has 0 bridgehead atoms. The Hall–Kier alpha value is -2.24. The van der Waals surface area contributed by atoms with Crippen LogP contribution in [-0.2, 0) is 7.05 Å². The maximum atomic E-state index is 4.32. The highest BCUT2D eigenvalue weighted by atomic mass is 15.3. The van der Waals surface area contributed by atoms with E-state index in [1.54, 1.807) is 10.9 Å². The molecule has 1 N–H and O–H groups in total. The van der Waals surface area contributed by atoms with Gasteiger partial charge in [0, 0.05) is 19.4 Å². The average molecular weight is 214 g/mol. The minimum absolute atomic E-state index is 0.674. The van der Waals surface area contributed by atoms with E-state index < -0.39 is 0 Å². The van der Waals surface area contributed by atoms with E-state index in [0.717, 1.165) is 16.8 Å². The second-order valence-corrected chi connectivity index (χ2v) is 3.63. The van der Waals surface area contributed by atoms with Crippen LogP contribution in [0.1, 0.15) is 5.82 Å². The molecule has 0 aliphatic heterocycles. The number of hydrogen-bond acceptors (Lipinski definition) is 4. The molecule has 0 spiro atoms. The first-order chi connectivity index (χ1) is 7.74. The summed E-state index contributed by atoms with van der Waals surface area (Å²) in [6, 6.07) is 1.92. The molecule has 16 heavy (non-hydrogen) atoms. The highest BCUT2D eigenvalue weighted by molar-refractivity contribution is 5.88. The smallest absolute Gasteiger partial charge is 0.184 e. The molecule has 6 nitrogen and oxygen atoms in total. The zero-order valence-electron chi connectivity index (χ0n) is 8.97. The van der Waals surface area contributed by atoms with Crippen molar-refractivity contribution >= 4 is 11.0 Å². The molecule has 0 saturated carbocycles. The van der Waals surface area contributed by atoms with Gasteiger partial charge in [0.2, 0.25) is 0 Å². The summed E-state index contributed by atoms with van der Waals surface area (Å²) in [5.41, 5.74) is 2.38. The predicted octanol–water partition coefficient (Wildman–Crippen LogP) is 1.06. The van der Waals surface area contributed by atoms with E-state index in [9.17, 15) is 0 Å². The van der Waals surface area contributed by atoms with Gasteiger partial charge >= 0.3 is 0 Å². The van der Waals surface area contributed by atoms with E-state index in [2.05, 4.69) is 25.3 Å². The lowest BCUT2D eigenvalue weighted by Gasteiger charge is -1.93. The molecule has 0 aliphatic carbocycles. The SMILES string of the molecule is Cc1ncc2c(-c3ccn(C)n3)[nH]nc2n1. The zero-order valence-corrected chi connectivity index (χ0v) is 8.97. The number of nitrogens with zero attached hydrogens (tertiary/aromatic N) is 5. The third-order valence-corrected chi connectivity index (χ3v) is 2.40. The Morgan fingerprint density at radius 3 is 3.00 bits per heavy atom. The molecular weight excluding hydrogens is 204 g/mol. The van der Waals surface area contributed by atoms with Crippen LogP contribution in [0, 0.1) is 6.92 Å². The van der Waals surface area contributed by atoms with Crippen LogP contribution < -0.4 is 0 Å². The number of aromatic amines is 1. The van der Waals surface area contributed by atoms with Crippen LogP contribution in [0.15, 0.2) is 18.5 Å². The lowest BCUT2D eigenvalue weighted by Crippen LogP contribution is -1.89. The molecule has 0 radical (unpaired) electrons. The van der Waals surface area contributed by atoms with Gasteiger partial charge in [-0.1, -0.05) is 0 Å². The van der Waals surface area contributed by atoms with Crippen LogP contribution in [0.2, 0.25) is 0 Å². The third-order valence-electron chi connectivity index (χ3n) is 2.40. The van der Waals surface area contributed by atoms with Gasteiger partial charge < -0.3 is 0 Å². The van der Waals surface area contributed by atoms with E-state index in [4.69, 9.17) is 0 Å². The number of H-pyrrole nitrogens is 1. The normalized spacial score (nSPS) is 11.1. The topological polar surface area (TPSA) is 72.3 Å². The fourth-order valence-electron chi connectivity index (χ4n) is 1.63. The quantitative estimate of drug-likeness (QED) is 0.657. The fraction of sp³-hybridized carbons (Fsp3) is 0.200. The van der Waals surface area contributed by atoms with Crippen molar-refractivity contribution < 1.29 is 0 Å². The van der Waals surface area contributed by atoms with Gasteiger partial charge in [-0.25, -0.2) is 9.97 Å². The van der Waals surface area contributed by atoms with Crippen LogP contribution in [-0.4, -0.2) is 29.9 Å². The molecule has 3 rings (SSSR count). The molecule has 0 amide bonds. The van der Waals surface area contributed by atoms with Gasteiger partial charge in [-0.3, -0.25) is 9.78 Å². The largest absolute Gasteiger partial charge is 0.275 e. The van der Waals surface area contributed by atoms with Crippen LogP contribution in [0.4, 0.5) is 0 Å². The van der Waals surface area contributed by atoms with Crippen molar-refractivity contribution in [2.45, 2.75) is 6.92 Å². The molecular formula is C10H10N6. The Balaban J connectivity index is 2.25. The molecule has 6 heteroatoms. The molecule has 3 aromatic heterocycles. The summed E-state index contributed by atoms with van der Waals surface area (Å²) < 4.78 is 1.75. The Kier molecular flexibility index (Phi) is 1.76. The minimum atomic E-state index is 0.674. The molecule has 0 saturated heterocycles. The van der Waals surface area contributed by atoms with Crippen LogP contribution in [0.3, 0.4) is 0 Å². The van der Waals surface area contributed by atoms with Crippen molar-refractivity contribution in [2.75, 3.05) is 0 Å². The first-order valence-corrected chi connectivity index (χ1v) is 4.92. The maximum absolute atomic E-state index is 4.32. The molecule has 0 aromatic carbocycles. The van der Waals surface area contributed by atoms with Crippen molar-refractivity contribution in [3.05, 3.63) is 24.3 Å². The summed E-state index contributed by atoms with van der Waals surface area (Å²) in [4.78, 5) is 8.41. The summed E-state index contributed by atoms with van der Waals surface area (Å²) >= 11 is 0. The first kappa shape index (κ1) is 9.02. The van der Waals surface area contributed by atoms with Crippen molar-refractivity contribution in [2.24, 2.45) is 7.05 Å². The molecule has 0 aliphatic rings. The van der Waals surface area contributed by atoms with E-state index in [0.29, 0.717) is 11.5 Å². The summed E-state index contributed by atoms with van der Waals surface area (Å²) in [6.07, 6.45) is 3.65. The number of rotatable bonds is 1. The van der Waals surface area contributed by atoms with Gasteiger partial charge in [-0.05, 0) is 13.0 Å². The van der Waals surface area contributed by atoms with E-state index in [1.807, 2.05) is 26.2 Å². The monoisotopic (exact) mass is 214 g/mol. The summed E-state index contributed by atoms with van der Waals surface area (Å²) in [6.45, 7) is 1.84. The van der Waals surface area contributed by atoms with Crippen LogP contribution >= 0.6 is 0 Å². The molecule has 0 unspecified atom stereocenters. The number of hydrogen-bond donors (Lipinski definition) is 1. The number of fused-ring (bicyclic) bond motifs is 1. The Morgan fingerprint density at radius 2 is 2.25 bits per heavy atom. The average Bonchev–Trinajstić information content (AvgIpc) is 2.83. The maximum Gasteiger partial charge on any atom is 0.184 e. The molecule has 3 aromatic rings. The second kappa shape index (κ2) is 3.13. The summed E-state index contributed by atoms with van der Waals surface area (Å²) in [7, 11) is 1.88.